The summed E-state index contributed by atoms with van der Waals surface area (Å²) in [5.41, 5.74) is 0.692. The number of rotatable bonds is 6. The van der Waals surface area contributed by atoms with Gasteiger partial charge in [0.2, 0.25) is 0 Å². The van der Waals surface area contributed by atoms with E-state index in [0.29, 0.717) is 11.6 Å². The third-order valence-electron chi connectivity index (χ3n) is 4.31. The molecule has 0 aliphatic carbocycles. The highest BCUT2D eigenvalue weighted by Gasteiger charge is 2.23. The van der Waals surface area contributed by atoms with Crippen LogP contribution in [0.15, 0.2) is 18.2 Å². The van der Waals surface area contributed by atoms with Gasteiger partial charge in [-0.05, 0) is 57.0 Å². The number of likely N-dealkylation sites (tertiary alicyclic amines) is 1. The summed E-state index contributed by atoms with van der Waals surface area (Å²) in [5.74, 6) is -1.01. The Bertz CT molecular complexity index is 416. The average Bonchev–Trinajstić information content (AvgIpc) is 2.86. The predicted molar refractivity (Wildman–Crippen MR) is 77.7 cm³/mol. The molecule has 1 N–H and O–H groups in total. The molecule has 0 saturated carbocycles. The summed E-state index contributed by atoms with van der Waals surface area (Å²) in [5, 5.41) is 3.17. The molecule has 1 heterocycles. The molecule has 0 amide bonds. The first-order valence-corrected chi connectivity index (χ1v) is 7.51. The van der Waals surface area contributed by atoms with E-state index in [1.54, 1.807) is 0 Å². The van der Waals surface area contributed by atoms with Crippen molar-refractivity contribution in [3.63, 3.8) is 0 Å². The largest absolute Gasteiger partial charge is 0.313 e. The number of halogens is 2. The van der Waals surface area contributed by atoms with Gasteiger partial charge in [0.25, 0.3) is 0 Å². The Morgan fingerprint density at radius 1 is 1.30 bits per heavy atom. The van der Waals surface area contributed by atoms with Gasteiger partial charge in [-0.25, -0.2) is 8.78 Å². The Labute approximate surface area is 120 Å². The van der Waals surface area contributed by atoms with Crippen molar-refractivity contribution in [2.45, 2.75) is 44.7 Å². The lowest BCUT2D eigenvalue weighted by molar-refractivity contribution is 0.235. The molecule has 2 unspecified atom stereocenters. The smallest absolute Gasteiger partial charge is 0.126 e. The number of benzene rings is 1. The van der Waals surface area contributed by atoms with Crippen molar-refractivity contribution in [3.05, 3.63) is 35.4 Å². The van der Waals surface area contributed by atoms with Gasteiger partial charge in [0.1, 0.15) is 11.6 Å². The van der Waals surface area contributed by atoms with Gasteiger partial charge in [0.05, 0.1) is 0 Å². The van der Waals surface area contributed by atoms with Gasteiger partial charge in [-0.3, -0.25) is 0 Å². The summed E-state index contributed by atoms with van der Waals surface area (Å²) >= 11 is 0. The molecule has 1 aliphatic heterocycles. The lowest BCUT2D eigenvalue weighted by atomic mass is 10.0. The summed E-state index contributed by atoms with van der Waals surface area (Å²) in [4.78, 5) is 2.50. The fourth-order valence-electron chi connectivity index (χ4n) is 3.20. The lowest BCUT2D eigenvalue weighted by Crippen LogP contribution is -2.32. The average molecular weight is 282 g/mol. The van der Waals surface area contributed by atoms with E-state index in [0.717, 1.165) is 25.6 Å². The second-order valence-electron chi connectivity index (χ2n) is 5.57. The van der Waals surface area contributed by atoms with Crippen molar-refractivity contribution < 1.29 is 8.78 Å². The first-order chi connectivity index (χ1) is 9.63. The molecule has 112 valence electrons. The van der Waals surface area contributed by atoms with E-state index < -0.39 is 11.6 Å². The molecule has 1 saturated heterocycles. The molecule has 0 aromatic heterocycles. The van der Waals surface area contributed by atoms with E-state index in [-0.39, 0.29) is 6.04 Å². The van der Waals surface area contributed by atoms with E-state index in [2.05, 4.69) is 17.1 Å². The Balaban J connectivity index is 1.98. The first kappa shape index (κ1) is 15.4. The zero-order valence-corrected chi connectivity index (χ0v) is 12.3. The van der Waals surface area contributed by atoms with Crippen LogP contribution in [0.5, 0.6) is 0 Å². The van der Waals surface area contributed by atoms with Gasteiger partial charge in [-0.2, -0.15) is 0 Å². The quantitative estimate of drug-likeness (QED) is 0.859. The monoisotopic (exact) mass is 282 g/mol. The Hall–Kier alpha value is -1.00. The highest BCUT2D eigenvalue weighted by molar-refractivity contribution is 5.21. The maximum Gasteiger partial charge on any atom is 0.126 e. The van der Waals surface area contributed by atoms with Crippen LogP contribution < -0.4 is 5.32 Å². The van der Waals surface area contributed by atoms with Crippen LogP contribution in [0.25, 0.3) is 0 Å². The van der Waals surface area contributed by atoms with Gasteiger partial charge in [-0.1, -0.05) is 6.92 Å². The Morgan fingerprint density at radius 2 is 2.00 bits per heavy atom. The Morgan fingerprint density at radius 3 is 2.60 bits per heavy atom. The topological polar surface area (TPSA) is 15.3 Å². The van der Waals surface area contributed by atoms with Crippen molar-refractivity contribution in [2.24, 2.45) is 0 Å². The number of nitrogens with one attached hydrogen (secondary N) is 1. The van der Waals surface area contributed by atoms with E-state index in [4.69, 9.17) is 0 Å². The van der Waals surface area contributed by atoms with Gasteiger partial charge in [0.15, 0.2) is 0 Å². The predicted octanol–water partition coefficient (Wildman–Crippen LogP) is 3.49. The van der Waals surface area contributed by atoms with Crippen LogP contribution in [0.2, 0.25) is 0 Å². The molecule has 1 fully saturated rings. The Kier molecular flexibility index (Phi) is 5.49. The van der Waals surface area contributed by atoms with Crippen molar-refractivity contribution in [2.75, 3.05) is 20.1 Å². The highest BCUT2D eigenvalue weighted by atomic mass is 19.1. The van der Waals surface area contributed by atoms with Crippen LogP contribution in [0.1, 0.15) is 44.2 Å². The molecule has 4 heteroatoms. The van der Waals surface area contributed by atoms with Gasteiger partial charge in [0, 0.05) is 24.7 Å². The van der Waals surface area contributed by atoms with Crippen LogP contribution in [0, 0.1) is 11.6 Å². The van der Waals surface area contributed by atoms with Crippen molar-refractivity contribution in [1.29, 1.82) is 0 Å². The minimum Gasteiger partial charge on any atom is -0.313 e. The molecule has 1 aromatic rings. The standard InChI is InChI=1S/C16H24F2N2/c1-3-15-5-4-7-20(15)8-6-16(19-2)12-9-13(17)11-14(18)10-12/h9-11,15-16,19H,3-8H2,1-2H3. The zero-order chi connectivity index (χ0) is 14.5. The summed E-state index contributed by atoms with van der Waals surface area (Å²) in [6.45, 7) is 4.34. The molecule has 0 radical (unpaired) electrons. The molecule has 20 heavy (non-hydrogen) atoms. The van der Waals surface area contributed by atoms with Gasteiger partial charge in [-0.15, -0.1) is 0 Å². The summed E-state index contributed by atoms with van der Waals surface area (Å²) < 4.78 is 26.6. The molecular weight excluding hydrogens is 258 g/mol. The molecule has 1 aromatic carbocycles. The summed E-state index contributed by atoms with van der Waals surface area (Å²) in [6.07, 6.45) is 4.58. The maximum atomic E-state index is 13.3. The molecule has 2 atom stereocenters. The molecule has 2 nitrogen and oxygen atoms in total. The summed E-state index contributed by atoms with van der Waals surface area (Å²) in [6, 6.07) is 4.44. The van der Waals surface area contributed by atoms with Gasteiger partial charge >= 0.3 is 0 Å². The fourth-order valence-corrected chi connectivity index (χ4v) is 3.20. The van der Waals surface area contributed by atoms with Crippen LogP contribution in [-0.4, -0.2) is 31.1 Å². The van der Waals surface area contributed by atoms with E-state index in [1.807, 2.05) is 7.05 Å². The maximum absolute atomic E-state index is 13.3. The minimum atomic E-state index is -0.507. The van der Waals surface area contributed by atoms with E-state index in [9.17, 15) is 8.78 Å². The first-order valence-electron chi connectivity index (χ1n) is 7.51. The molecular formula is C16H24F2N2. The number of hydrogen-bond acceptors (Lipinski definition) is 2. The molecule has 0 spiro atoms. The SMILES string of the molecule is CCC1CCCN1CCC(NC)c1cc(F)cc(F)c1. The second-order valence-corrected chi connectivity index (χ2v) is 5.57. The minimum absolute atomic E-state index is 0.00157. The second kappa shape index (κ2) is 7.14. The van der Waals surface area contributed by atoms with E-state index in [1.165, 1.54) is 31.4 Å². The number of hydrogen-bond donors (Lipinski definition) is 1. The van der Waals surface area contributed by atoms with Crippen molar-refractivity contribution >= 4 is 0 Å². The summed E-state index contributed by atoms with van der Waals surface area (Å²) in [7, 11) is 1.84. The fraction of sp³-hybridized carbons (Fsp3) is 0.625. The van der Waals surface area contributed by atoms with E-state index >= 15 is 0 Å². The normalized spacial score (nSPS) is 21.3. The van der Waals surface area contributed by atoms with Gasteiger partial charge < -0.3 is 10.2 Å². The van der Waals surface area contributed by atoms with Crippen molar-refractivity contribution in [3.8, 4) is 0 Å². The van der Waals surface area contributed by atoms with Crippen LogP contribution >= 0.6 is 0 Å². The molecule has 1 aliphatic rings. The molecule has 0 bridgehead atoms. The third kappa shape index (κ3) is 3.76. The lowest BCUT2D eigenvalue weighted by Gasteiger charge is -2.26. The zero-order valence-electron chi connectivity index (χ0n) is 12.3. The van der Waals surface area contributed by atoms with Crippen molar-refractivity contribution in [1.82, 2.24) is 10.2 Å². The van der Waals surface area contributed by atoms with Crippen LogP contribution in [0.4, 0.5) is 8.78 Å². The highest BCUT2D eigenvalue weighted by Crippen LogP contribution is 2.24. The number of nitrogens with zero attached hydrogens (tertiary/aromatic N) is 1. The van der Waals surface area contributed by atoms with Crippen LogP contribution in [0.3, 0.4) is 0 Å². The third-order valence-corrected chi connectivity index (χ3v) is 4.31. The molecule has 2 rings (SSSR count). The van der Waals surface area contributed by atoms with Crippen LogP contribution in [-0.2, 0) is 0 Å².